The summed E-state index contributed by atoms with van der Waals surface area (Å²) in [5.74, 6) is 0.440. The lowest BCUT2D eigenvalue weighted by molar-refractivity contribution is 0.0960. The molecular formula is C20H19NO4S. The van der Waals surface area contributed by atoms with Crippen LogP contribution in [-0.2, 0) is 10.0 Å². The molecule has 4 rings (SSSR count). The molecule has 0 heterocycles. The van der Waals surface area contributed by atoms with Crippen molar-refractivity contribution in [3.63, 3.8) is 0 Å². The van der Waals surface area contributed by atoms with Crippen molar-refractivity contribution >= 4 is 27.3 Å². The normalized spacial score (nSPS) is 16.9. The van der Waals surface area contributed by atoms with E-state index in [-0.39, 0.29) is 28.3 Å². The molecule has 134 valence electrons. The van der Waals surface area contributed by atoms with Gasteiger partial charge in [-0.1, -0.05) is 12.1 Å². The van der Waals surface area contributed by atoms with E-state index in [1.807, 2.05) is 0 Å². The van der Waals surface area contributed by atoms with E-state index in [0.717, 1.165) is 25.7 Å². The molecule has 0 atom stereocenters. The van der Waals surface area contributed by atoms with Crippen molar-refractivity contribution < 1.29 is 18.0 Å². The first-order valence-electron chi connectivity index (χ1n) is 8.75. The van der Waals surface area contributed by atoms with Crippen molar-refractivity contribution in [3.05, 3.63) is 59.7 Å². The van der Waals surface area contributed by atoms with E-state index in [4.69, 9.17) is 0 Å². The summed E-state index contributed by atoms with van der Waals surface area (Å²) in [5, 5.41) is 0. The van der Waals surface area contributed by atoms with Gasteiger partial charge in [0.05, 0.1) is 4.90 Å². The second-order valence-corrected chi connectivity index (χ2v) is 8.67. The van der Waals surface area contributed by atoms with Crippen LogP contribution in [-0.4, -0.2) is 20.0 Å². The number of benzene rings is 2. The lowest BCUT2D eigenvalue weighted by Crippen LogP contribution is -2.13. The van der Waals surface area contributed by atoms with Crippen LogP contribution in [0.2, 0.25) is 0 Å². The van der Waals surface area contributed by atoms with Crippen LogP contribution < -0.4 is 4.72 Å². The Labute approximate surface area is 152 Å². The molecule has 26 heavy (non-hydrogen) atoms. The quantitative estimate of drug-likeness (QED) is 0.755. The number of hydrogen-bond acceptors (Lipinski definition) is 4. The van der Waals surface area contributed by atoms with Crippen molar-refractivity contribution in [2.24, 2.45) is 11.8 Å². The van der Waals surface area contributed by atoms with Crippen LogP contribution in [0.5, 0.6) is 0 Å². The molecule has 0 unspecified atom stereocenters. The Morgan fingerprint density at radius 3 is 1.58 bits per heavy atom. The highest BCUT2D eigenvalue weighted by atomic mass is 32.2. The molecular weight excluding hydrogens is 350 g/mol. The van der Waals surface area contributed by atoms with Crippen molar-refractivity contribution in [2.45, 2.75) is 30.6 Å². The smallest absolute Gasteiger partial charge is 0.261 e. The van der Waals surface area contributed by atoms with Gasteiger partial charge in [-0.25, -0.2) is 8.42 Å². The van der Waals surface area contributed by atoms with E-state index in [2.05, 4.69) is 4.72 Å². The Hall–Kier alpha value is -2.47. The van der Waals surface area contributed by atoms with Crippen LogP contribution in [0, 0.1) is 11.8 Å². The van der Waals surface area contributed by atoms with Gasteiger partial charge in [0.15, 0.2) is 11.6 Å². The third kappa shape index (κ3) is 3.55. The monoisotopic (exact) mass is 369 g/mol. The molecule has 0 aliphatic heterocycles. The zero-order chi connectivity index (χ0) is 18.3. The summed E-state index contributed by atoms with van der Waals surface area (Å²) in [6.07, 6.45) is 3.71. The average molecular weight is 369 g/mol. The molecule has 0 aromatic heterocycles. The van der Waals surface area contributed by atoms with Crippen molar-refractivity contribution in [2.75, 3.05) is 4.72 Å². The fourth-order valence-corrected chi connectivity index (χ4v) is 3.94. The van der Waals surface area contributed by atoms with Gasteiger partial charge in [0.2, 0.25) is 0 Å². The van der Waals surface area contributed by atoms with Gasteiger partial charge in [-0.15, -0.1) is 0 Å². The van der Waals surface area contributed by atoms with E-state index in [0.29, 0.717) is 16.8 Å². The molecule has 2 fully saturated rings. The van der Waals surface area contributed by atoms with Gasteiger partial charge in [-0.3, -0.25) is 14.3 Å². The van der Waals surface area contributed by atoms with Crippen molar-refractivity contribution in [1.82, 2.24) is 0 Å². The van der Waals surface area contributed by atoms with Crippen LogP contribution >= 0.6 is 0 Å². The van der Waals surface area contributed by atoms with Gasteiger partial charge in [-0.2, -0.15) is 0 Å². The first-order chi connectivity index (χ1) is 12.4. The SMILES string of the molecule is O=C(c1ccc(NS(=O)(=O)c2ccc(C(=O)C3CC3)cc2)cc1)C1CC1. The Balaban J connectivity index is 1.47. The number of rotatable bonds is 7. The lowest BCUT2D eigenvalue weighted by Gasteiger charge is -2.09. The molecule has 2 aromatic rings. The van der Waals surface area contributed by atoms with Gasteiger partial charge < -0.3 is 0 Å². The van der Waals surface area contributed by atoms with Gasteiger partial charge in [0.1, 0.15) is 0 Å². The first-order valence-corrected chi connectivity index (χ1v) is 10.2. The minimum atomic E-state index is -3.74. The molecule has 2 aliphatic rings. The minimum absolute atomic E-state index is 0.0813. The predicted octanol–water partition coefficient (Wildman–Crippen LogP) is 3.67. The Bertz CT molecular complexity index is 954. The second-order valence-electron chi connectivity index (χ2n) is 6.98. The average Bonchev–Trinajstić information content (AvgIpc) is 3.53. The maximum Gasteiger partial charge on any atom is 0.261 e. The van der Waals surface area contributed by atoms with Gasteiger partial charge in [0.25, 0.3) is 10.0 Å². The van der Waals surface area contributed by atoms with E-state index in [9.17, 15) is 18.0 Å². The largest absolute Gasteiger partial charge is 0.294 e. The summed E-state index contributed by atoms with van der Waals surface area (Å²) in [4.78, 5) is 24.1. The first kappa shape index (κ1) is 17.0. The molecule has 0 spiro atoms. The van der Waals surface area contributed by atoms with Crippen LogP contribution in [0.25, 0.3) is 0 Å². The summed E-state index contributed by atoms with van der Waals surface area (Å²) in [7, 11) is -3.74. The molecule has 0 radical (unpaired) electrons. The number of carbonyl (C=O) groups excluding carboxylic acids is 2. The summed E-state index contributed by atoms with van der Waals surface area (Å²) in [6.45, 7) is 0. The van der Waals surface area contributed by atoms with Gasteiger partial charge >= 0.3 is 0 Å². The van der Waals surface area contributed by atoms with Crippen LogP contribution in [0.4, 0.5) is 5.69 Å². The van der Waals surface area contributed by atoms with E-state index in [1.165, 1.54) is 12.1 Å². The minimum Gasteiger partial charge on any atom is -0.294 e. The Morgan fingerprint density at radius 1 is 0.731 bits per heavy atom. The van der Waals surface area contributed by atoms with Crippen LogP contribution in [0.3, 0.4) is 0 Å². The Morgan fingerprint density at radius 2 is 1.15 bits per heavy atom. The fraction of sp³-hybridized carbons (Fsp3) is 0.300. The van der Waals surface area contributed by atoms with Crippen molar-refractivity contribution in [3.8, 4) is 0 Å². The number of hydrogen-bond donors (Lipinski definition) is 1. The third-order valence-corrected chi connectivity index (χ3v) is 6.16. The Kier molecular flexibility index (Phi) is 4.15. The van der Waals surface area contributed by atoms with E-state index >= 15 is 0 Å². The summed E-state index contributed by atoms with van der Waals surface area (Å²) in [6, 6.07) is 12.5. The molecule has 2 saturated carbocycles. The molecule has 0 bridgehead atoms. The molecule has 2 aromatic carbocycles. The number of nitrogens with one attached hydrogen (secondary N) is 1. The highest BCUT2D eigenvalue weighted by molar-refractivity contribution is 7.92. The number of Topliss-reactive ketones (excluding diaryl/α,β-unsaturated/α-hetero) is 2. The van der Waals surface area contributed by atoms with Gasteiger partial charge in [0, 0.05) is 28.7 Å². The summed E-state index contributed by atoms with van der Waals surface area (Å²) in [5.41, 5.74) is 1.56. The molecule has 5 nitrogen and oxygen atoms in total. The highest BCUT2D eigenvalue weighted by Crippen LogP contribution is 2.33. The van der Waals surface area contributed by atoms with E-state index < -0.39 is 10.0 Å². The van der Waals surface area contributed by atoms with Crippen molar-refractivity contribution in [1.29, 1.82) is 0 Å². The zero-order valence-corrected chi connectivity index (χ0v) is 15.0. The number of sulfonamides is 1. The van der Waals surface area contributed by atoms with Crippen LogP contribution in [0.1, 0.15) is 46.4 Å². The number of carbonyl (C=O) groups is 2. The zero-order valence-electron chi connectivity index (χ0n) is 14.1. The second kappa shape index (κ2) is 6.36. The lowest BCUT2D eigenvalue weighted by atomic mass is 10.1. The standard InChI is InChI=1S/C20H19NO4S/c22-19(13-1-2-13)15-5-9-17(10-6-15)21-26(24,25)18-11-7-16(8-12-18)20(23)14-3-4-14/h5-14,21H,1-4H2. The fourth-order valence-electron chi connectivity index (χ4n) is 2.88. The maximum atomic E-state index is 12.5. The predicted molar refractivity (Wildman–Crippen MR) is 97.8 cm³/mol. The highest BCUT2D eigenvalue weighted by Gasteiger charge is 2.31. The van der Waals surface area contributed by atoms with Crippen LogP contribution in [0.15, 0.2) is 53.4 Å². The molecule has 6 heteroatoms. The molecule has 2 aliphatic carbocycles. The molecule has 0 saturated heterocycles. The molecule has 1 N–H and O–H groups in total. The topological polar surface area (TPSA) is 80.3 Å². The molecule has 0 amide bonds. The van der Waals surface area contributed by atoms with Gasteiger partial charge in [-0.05, 0) is 62.1 Å². The summed E-state index contributed by atoms with van der Waals surface area (Å²) < 4.78 is 27.5. The number of anilines is 1. The number of ketones is 2. The third-order valence-electron chi connectivity index (χ3n) is 4.77. The maximum absolute atomic E-state index is 12.5. The van der Waals surface area contributed by atoms with E-state index in [1.54, 1.807) is 36.4 Å². The summed E-state index contributed by atoms with van der Waals surface area (Å²) >= 11 is 0.